The summed E-state index contributed by atoms with van der Waals surface area (Å²) in [5.41, 5.74) is 0.925. The van der Waals surface area contributed by atoms with Crippen molar-refractivity contribution in [2.45, 2.75) is 46.0 Å². The van der Waals surface area contributed by atoms with Gasteiger partial charge in [0.1, 0.15) is 11.6 Å². The largest absolute Gasteiger partial charge is 0.316 e. The molecule has 0 bridgehead atoms. The van der Waals surface area contributed by atoms with Crippen LogP contribution in [0.5, 0.6) is 0 Å². The number of halogens is 2. The van der Waals surface area contributed by atoms with Crippen molar-refractivity contribution in [1.29, 1.82) is 0 Å². The molecule has 112 valence electrons. The molecule has 0 saturated heterocycles. The summed E-state index contributed by atoms with van der Waals surface area (Å²) >= 11 is 0. The molecule has 0 aromatic heterocycles. The molecule has 1 fully saturated rings. The summed E-state index contributed by atoms with van der Waals surface area (Å²) in [6.45, 7) is 10.5. The highest BCUT2D eigenvalue weighted by molar-refractivity contribution is 5.32. The summed E-state index contributed by atoms with van der Waals surface area (Å²) in [5.74, 6) is -0.384. The molecule has 1 aromatic rings. The monoisotopic (exact) mass is 281 g/mol. The first kappa shape index (κ1) is 15.4. The zero-order valence-electron chi connectivity index (χ0n) is 12.9. The van der Waals surface area contributed by atoms with Gasteiger partial charge in [-0.2, -0.15) is 0 Å². The number of rotatable bonds is 5. The summed E-state index contributed by atoms with van der Waals surface area (Å²) in [4.78, 5) is 0. The molecule has 1 aromatic carbocycles. The summed E-state index contributed by atoms with van der Waals surface area (Å²) < 4.78 is 27.0. The van der Waals surface area contributed by atoms with Crippen LogP contribution < -0.4 is 5.32 Å². The van der Waals surface area contributed by atoms with E-state index in [0.29, 0.717) is 5.92 Å². The molecule has 0 unspecified atom stereocenters. The summed E-state index contributed by atoms with van der Waals surface area (Å²) in [5, 5.41) is 3.46. The van der Waals surface area contributed by atoms with Crippen LogP contribution in [-0.4, -0.2) is 13.1 Å². The van der Waals surface area contributed by atoms with E-state index in [1.807, 2.05) is 0 Å². The molecule has 0 radical (unpaired) electrons. The van der Waals surface area contributed by atoms with Gasteiger partial charge in [-0.05, 0) is 48.4 Å². The topological polar surface area (TPSA) is 12.0 Å². The molecule has 1 aliphatic carbocycles. The molecule has 1 nitrogen and oxygen atoms in total. The Kier molecular flexibility index (Phi) is 4.19. The van der Waals surface area contributed by atoms with Crippen LogP contribution in [-0.2, 0) is 5.41 Å². The van der Waals surface area contributed by atoms with Crippen LogP contribution in [0.15, 0.2) is 18.2 Å². The van der Waals surface area contributed by atoms with Gasteiger partial charge in [-0.15, -0.1) is 0 Å². The Labute approximate surface area is 120 Å². The molecule has 0 spiro atoms. The van der Waals surface area contributed by atoms with Crippen LogP contribution in [0, 0.1) is 23.0 Å². The minimum Gasteiger partial charge on any atom is -0.316 e. The fraction of sp³-hybridized carbons (Fsp3) is 0.647. The number of hydrogen-bond donors (Lipinski definition) is 1. The standard InChI is InChI=1S/C17H25F2N/c1-12(2)8-20-11-17(9-16(3,4)10-17)13-5-14(18)7-15(19)6-13/h5-7,12,20H,8-11H2,1-4H3. The molecule has 3 heteroatoms. The second-order valence-electron chi connectivity index (χ2n) is 7.48. The van der Waals surface area contributed by atoms with Crippen molar-refractivity contribution in [1.82, 2.24) is 5.32 Å². The molecule has 1 N–H and O–H groups in total. The summed E-state index contributed by atoms with van der Waals surface area (Å²) in [6, 6.07) is 3.94. The van der Waals surface area contributed by atoms with E-state index < -0.39 is 11.6 Å². The van der Waals surface area contributed by atoms with E-state index in [1.54, 1.807) is 0 Å². The van der Waals surface area contributed by atoms with Gasteiger partial charge in [0.15, 0.2) is 0 Å². The Morgan fingerprint density at radius 2 is 1.65 bits per heavy atom. The molecule has 1 saturated carbocycles. The van der Waals surface area contributed by atoms with Crippen molar-refractivity contribution >= 4 is 0 Å². The van der Waals surface area contributed by atoms with Crippen LogP contribution in [0.4, 0.5) is 8.78 Å². The fourth-order valence-corrected chi connectivity index (χ4v) is 3.67. The van der Waals surface area contributed by atoms with Crippen LogP contribution in [0.2, 0.25) is 0 Å². The Balaban J connectivity index is 2.19. The van der Waals surface area contributed by atoms with E-state index in [-0.39, 0.29) is 10.8 Å². The van der Waals surface area contributed by atoms with Crippen molar-refractivity contribution in [3.63, 3.8) is 0 Å². The number of benzene rings is 1. The van der Waals surface area contributed by atoms with Gasteiger partial charge < -0.3 is 5.32 Å². The lowest BCUT2D eigenvalue weighted by atomic mass is 9.52. The van der Waals surface area contributed by atoms with Crippen molar-refractivity contribution in [2.75, 3.05) is 13.1 Å². The number of hydrogen-bond acceptors (Lipinski definition) is 1. The smallest absolute Gasteiger partial charge is 0.126 e. The van der Waals surface area contributed by atoms with Gasteiger partial charge in [0.2, 0.25) is 0 Å². The first-order valence-corrected chi connectivity index (χ1v) is 7.40. The maximum atomic E-state index is 13.5. The average Bonchev–Trinajstić information content (AvgIpc) is 2.24. The van der Waals surface area contributed by atoms with Crippen LogP contribution in [0.1, 0.15) is 46.1 Å². The molecule has 0 aliphatic heterocycles. The lowest BCUT2D eigenvalue weighted by Crippen LogP contribution is -2.53. The molecule has 0 atom stereocenters. The fourth-order valence-electron chi connectivity index (χ4n) is 3.67. The van der Waals surface area contributed by atoms with Gasteiger partial charge in [-0.25, -0.2) is 8.78 Å². The summed E-state index contributed by atoms with van der Waals surface area (Å²) in [6.07, 6.45) is 1.93. The molecular formula is C17H25F2N. The van der Waals surface area contributed by atoms with Crippen molar-refractivity contribution in [2.24, 2.45) is 11.3 Å². The van der Waals surface area contributed by atoms with E-state index in [1.165, 1.54) is 12.1 Å². The Morgan fingerprint density at radius 3 is 2.10 bits per heavy atom. The average molecular weight is 281 g/mol. The second-order valence-corrected chi connectivity index (χ2v) is 7.48. The zero-order valence-corrected chi connectivity index (χ0v) is 12.9. The summed E-state index contributed by atoms with van der Waals surface area (Å²) in [7, 11) is 0. The highest BCUT2D eigenvalue weighted by Gasteiger charge is 2.50. The van der Waals surface area contributed by atoms with E-state index in [2.05, 4.69) is 33.0 Å². The molecule has 1 aliphatic rings. The Bertz CT molecular complexity index is 452. The van der Waals surface area contributed by atoms with Gasteiger partial charge in [-0.3, -0.25) is 0 Å². The van der Waals surface area contributed by atoms with Crippen molar-refractivity contribution in [3.05, 3.63) is 35.4 Å². The first-order chi connectivity index (χ1) is 9.22. The Morgan fingerprint density at radius 1 is 1.10 bits per heavy atom. The lowest BCUT2D eigenvalue weighted by Gasteiger charge is -2.54. The highest BCUT2D eigenvalue weighted by atomic mass is 19.1. The van der Waals surface area contributed by atoms with Crippen molar-refractivity contribution in [3.8, 4) is 0 Å². The molecule has 0 amide bonds. The van der Waals surface area contributed by atoms with Gasteiger partial charge in [0.25, 0.3) is 0 Å². The number of nitrogens with one attached hydrogen (secondary N) is 1. The minimum absolute atomic E-state index is 0.124. The SMILES string of the molecule is CC(C)CNCC1(c2cc(F)cc(F)c2)CC(C)(C)C1. The highest BCUT2D eigenvalue weighted by Crippen LogP contribution is 2.55. The van der Waals surface area contributed by atoms with Gasteiger partial charge in [0, 0.05) is 18.0 Å². The normalized spacial score (nSPS) is 19.9. The van der Waals surface area contributed by atoms with Gasteiger partial charge >= 0.3 is 0 Å². The first-order valence-electron chi connectivity index (χ1n) is 7.40. The molecule has 0 heterocycles. The van der Waals surface area contributed by atoms with E-state index in [4.69, 9.17) is 0 Å². The molecular weight excluding hydrogens is 256 g/mol. The molecule has 20 heavy (non-hydrogen) atoms. The van der Waals surface area contributed by atoms with Crippen LogP contribution >= 0.6 is 0 Å². The lowest BCUT2D eigenvalue weighted by molar-refractivity contribution is 0.0554. The van der Waals surface area contributed by atoms with Crippen molar-refractivity contribution < 1.29 is 8.78 Å². The second kappa shape index (κ2) is 5.44. The van der Waals surface area contributed by atoms with Gasteiger partial charge in [0.05, 0.1) is 0 Å². The predicted molar refractivity (Wildman–Crippen MR) is 78.8 cm³/mol. The van der Waals surface area contributed by atoms with E-state index in [9.17, 15) is 8.78 Å². The predicted octanol–water partition coefficient (Wildman–Crippen LogP) is 4.27. The van der Waals surface area contributed by atoms with Crippen LogP contribution in [0.25, 0.3) is 0 Å². The van der Waals surface area contributed by atoms with Gasteiger partial charge in [-0.1, -0.05) is 27.7 Å². The third-order valence-corrected chi connectivity index (χ3v) is 4.12. The quantitative estimate of drug-likeness (QED) is 0.850. The maximum Gasteiger partial charge on any atom is 0.126 e. The van der Waals surface area contributed by atoms with E-state index in [0.717, 1.165) is 37.6 Å². The third kappa shape index (κ3) is 3.38. The van der Waals surface area contributed by atoms with E-state index >= 15 is 0 Å². The zero-order chi connectivity index (χ0) is 15.0. The Hall–Kier alpha value is -0.960. The maximum absolute atomic E-state index is 13.5. The third-order valence-electron chi connectivity index (χ3n) is 4.12. The molecule has 2 rings (SSSR count). The van der Waals surface area contributed by atoms with Crippen LogP contribution in [0.3, 0.4) is 0 Å². The minimum atomic E-state index is -0.479.